The Kier molecular flexibility index (Phi) is 2.87. The highest BCUT2D eigenvalue weighted by atomic mass is 35.5. The van der Waals surface area contributed by atoms with Crippen molar-refractivity contribution in [3.05, 3.63) is 29.1 Å². The Balaban J connectivity index is 2.96. The number of rotatable bonds is 2. The van der Waals surface area contributed by atoms with Crippen molar-refractivity contribution in [2.24, 2.45) is 0 Å². The minimum Gasteiger partial charge on any atom is -0.478 e. The number of carboxylic acid groups (broad SMARTS) is 1. The molecule has 0 saturated heterocycles. The Bertz CT molecular complexity index is 363. The molecule has 68 valence electrons. The molecule has 0 amide bonds. The average molecular weight is 199 g/mol. The Morgan fingerprint density at radius 2 is 2.38 bits per heavy atom. The van der Waals surface area contributed by atoms with Crippen molar-refractivity contribution in [3.8, 4) is 0 Å². The van der Waals surface area contributed by atoms with Crippen molar-refractivity contribution in [2.45, 2.75) is 0 Å². The van der Waals surface area contributed by atoms with Crippen LogP contribution in [0.5, 0.6) is 0 Å². The van der Waals surface area contributed by atoms with Crippen LogP contribution in [0.15, 0.2) is 18.3 Å². The maximum atomic E-state index is 10.2. The fourth-order valence-electron chi connectivity index (χ4n) is 0.755. The fraction of sp³-hybridized carbons (Fsp3) is 0. The summed E-state index contributed by atoms with van der Waals surface area (Å²) in [5.41, 5.74) is 6.26. The highest BCUT2D eigenvalue weighted by molar-refractivity contribution is 6.30. The number of carbonyl (C=O) groups is 1. The van der Waals surface area contributed by atoms with Gasteiger partial charge in [-0.2, -0.15) is 0 Å². The minimum atomic E-state index is -1.05. The number of nitrogen functional groups attached to an aromatic ring is 1. The minimum absolute atomic E-state index is 0.352. The highest BCUT2D eigenvalue weighted by Gasteiger charge is 1.98. The van der Waals surface area contributed by atoms with Crippen LogP contribution < -0.4 is 5.73 Å². The molecule has 0 aliphatic heterocycles. The molecule has 1 aromatic rings. The summed E-state index contributed by atoms with van der Waals surface area (Å²) in [6, 6.07) is 1.51. The Hall–Kier alpha value is -1.55. The summed E-state index contributed by atoms with van der Waals surface area (Å²) in [4.78, 5) is 14.0. The van der Waals surface area contributed by atoms with E-state index in [4.69, 9.17) is 22.4 Å². The monoisotopic (exact) mass is 198 g/mol. The third-order valence-electron chi connectivity index (χ3n) is 1.30. The number of hydrogen-bond donors (Lipinski definition) is 2. The van der Waals surface area contributed by atoms with Crippen LogP contribution in [0.3, 0.4) is 0 Å². The van der Waals surface area contributed by atoms with Crippen molar-refractivity contribution in [1.29, 1.82) is 0 Å². The van der Waals surface area contributed by atoms with E-state index >= 15 is 0 Å². The molecule has 0 fully saturated rings. The fourth-order valence-corrected chi connectivity index (χ4v) is 0.921. The molecule has 5 heteroatoms. The summed E-state index contributed by atoms with van der Waals surface area (Å²) in [6.07, 6.45) is 3.68. The molecule has 0 saturated carbocycles. The zero-order chi connectivity index (χ0) is 9.84. The highest BCUT2D eigenvalue weighted by Crippen LogP contribution is 2.15. The van der Waals surface area contributed by atoms with Gasteiger partial charge in [-0.1, -0.05) is 11.6 Å². The third kappa shape index (κ3) is 2.76. The molecule has 0 aliphatic rings. The topological polar surface area (TPSA) is 76.2 Å². The van der Waals surface area contributed by atoms with Crippen molar-refractivity contribution >= 4 is 29.3 Å². The van der Waals surface area contributed by atoms with Gasteiger partial charge >= 0.3 is 5.97 Å². The molecule has 1 heterocycles. The van der Waals surface area contributed by atoms with E-state index < -0.39 is 5.97 Å². The number of carboxylic acids is 1. The molecule has 0 spiro atoms. The number of pyridine rings is 1. The number of anilines is 1. The lowest BCUT2D eigenvalue weighted by atomic mass is 10.3. The van der Waals surface area contributed by atoms with Gasteiger partial charge in [-0.3, -0.25) is 4.98 Å². The molecule has 13 heavy (non-hydrogen) atoms. The van der Waals surface area contributed by atoms with Crippen LogP contribution in [0.4, 0.5) is 5.69 Å². The number of hydrogen-bond acceptors (Lipinski definition) is 3. The molecule has 0 aliphatic carbocycles. The number of aromatic nitrogens is 1. The molecule has 0 atom stereocenters. The van der Waals surface area contributed by atoms with Crippen molar-refractivity contribution < 1.29 is 9.90 Å². The summed E-state index contributed by atoms with van der Waals surface area (Å²) in [5, 5.41) is 8.76. The first-order valence-electron chi connectivity index (χ1n) is 3.41. The van der Waals surface area contributed by atoms with E-state index in [9.17, 15) is 4.79 Å². The van der Waals surface area contributed by atoms with Gasteiger partial charge in [0.05, 0.1) is 16.4 Å². The number of nitrogens with two attached hydrogens (primary N) is 1. The van der Waals surface area contributed by atoms with E-state index in [1.165, 1.54) is 18.3 Å². The zero-order valence-electron chi connectivity index (χ0n) is 6.57. The zero-order valence-corrected chi connectivity index (χ0v) is 7.32. The van der Waals surface area contributed by atoms with Gasteiger partial charge in [0.15, 0.2) is 0 Å². The van der Waals surface area contributed by atoms with E-state index in [-0.39, 0.29) is 0 Å². The van der Waals surface area contributed by atoms with Gasteiger partial charge in [0.25, 0.3) is 0 Å². The normalized spacial score (nSPS) is 10.5. The molecule has 0 radical (unpaired) electrons. The first-order valence-corrected chi connectivity index (χ1v) is 3.79. The number of halogens is 1. The van der Waals surface area contributed by atoms with E-state index in [1.807, 2.05) is 0 Å². The molecule has 0 bridgehead atoms. The second kappa shape index (κ2) is 3.91. The second-order valence-electron chi connectivity index (χ2n) is 2.30. The largest absolute Gasteiger partial charge is 0.478 e. The van der Waals surface area contributed by atoms with Gasteiger partial charge in [-0.05, 0) is 12.1 Å². The van der Waals surface area contributed by atoms with E-state index in [2.05, 4.69) is 4.98 Å². The van der Waals surface area contributed by atoms with Crippen LogP contribution in [0.1, 0.15) is 5.69 Å². The number of aliphatic carboxylic acids is 1. The third-order valence-corrected chi connectivity index (χ3v) is 1.51. The summed E-state index contributed by atoms with van der Waals surface area (Å²) < 4.78 is 0. The van der Waals surface area contributed by atoms with Crippen LogP contribution in [-0.2, 0) is 4.79 Å². The lowest BCUT2D eigenvalue weighted by Gasteiger charge is -1.98. The van der Waals surface area contributed by atoms with Crippen molar-refractivity contribution in [2.75, 3.05) is 5.73 Å². The summed E-state index contributed by atoms with van der Waals surface area (Å²) in [6.45, 7) is 0. The summed E-state index contributed by atoms with van der Waals surface area (Å²) in [7, 11) is 0. The Morgan fingerprint density at radius 3 is 2.92 bits per heavy atom. The second-order valence-corrected chi connectivity index (χ2v) is 2.74. The van der Waals surface area contributed by atoms with Gasteiger partial charge < -0.3 is 10.8 Å². The smallest absolute Gasteiger partial charge is 0.328 e. The standard InChI is InChI=1S/C8H7ClN2O2/c9-5-3-6(10)7(11-4-5)1-2-8(12)13/h1-4H,10H2,(H,12,13). The van der Waals surface area contributed by atoms with E-state index in [1.54, 1.807) is 0 Å². The first kappa shape index (κ1) is 9.54. The van der Waals surface area contributed by atoms with Crippen LogP contribution >= 0.6 is 11.6 Å². The van der Waals surface area contributed by atoms with Gasteiger partial charge in [0.1, 0.15) is 0 Å². The van der Waals surface area contributed by atoms with Gasteiger partial charge in [0.2, 0.25) is 0 Å². The predicted octanol–water partition coefficient (Wildman–Crippen LogP) is 1.42. The lowest BCUT2D eigenvalue weighted by Crippen LogP contribution is -1.93. The maximum Gasteiger partial charge on any atom is 0.328 e. The molecule has 1 aromatic heterocycles. The molecule has 4 nitrogen and oxygen atoms in total. The molecule has 0 unspecified atom stereocenters. The van der Waals surface area contributed by atoms with Gasteiger partial charge in [-0.15, -0.1) is 0 Å². The first-order chi connectivity index (χ1) is 6.09. The van der Waals surface area contributed by atoms with Crippen molar-refractivity contribution in [3.63, 3.8) is 0 Å². The molecule has 0 aromatic carbocycles. The molecular weight excluding hydrogens is 192 g/mol. The summed E-state index contributed by atoms with van der Waals surface area (Å²) in [5.74, 6) is -1.05. The quantitative estimate of drug-likeness (QED) is 0.705. The van der Waals surface area contributed by atoms with Crippen LogP contribution in [-0.4, -0.2) is 16.1 Å². The van der Waals surface area contributed by atoms with Gasteiger partial charge in [0, 0.05) is 12.3 Å². The van der Waals surface area contributed by atoms with E-state index in [0.717, 1.165) is 6.08 Å². The lowest BCUT2D eigenvalue weighted by molar-refractivity contribution is -0.131. The van der Waals surface area contributed by atoms with Crippen molar-refractivity contribution in [1.82, 2.24) is 4.98 Å². The SMILES string of the molecule is Nc1cc(Cl)cnc1C=CC(=O)O. The van der Waals surface area contributed by atoms with Crippen LogP contribution in [0, 0.1) is 0 Å². The van der Waals surface area contributed by atoms with Gasteiger partial charge in [-0.25, -0.2) is 4.79 Å². The summed E-state index contributed by atoms with van der Waals surface area (Å²) >= 11 is 5.60. The molecule has 3 N–H and O–H groups in total. The Labute approximate surface area is 79.7 Å². The average Bonchev–Trinajstić information content (AvgIpc) is 2.02. The van der Waals surface area contributed by atoms with Crippen LogP contribution in [0.25, 0.3) is 6.08 Å². The molecular formula is C8H7ClN2O2. The predicted molar refractivity (Wildman–Crippen MR) is 50.3 cm³/mol. The Morgan fingerprint density at radius 1 is 1.69 bits per heavy atom. The number of nitrogens with zero attached hydrogens (tertiary/aromatic N) is 1. The molecule has 1 rings (SSSR count). The van der Waals surface area contributed by atoms with Crippen LogP contribution in [0.2, 0.25) is 5.02 Å². The maximum absolute atomic E-state index is 10.2. The van der Waals surface area contributed by atoms with E-state index in [0.29, 0.717) is 16.4 Å².